The highest BCUT2D eigenvalue weighted by atomic mass is 35.5. The maximum Gasteiger partial charge on any atom is 0.290 e. The van der Waals surface area contributed by atoms with E-state index in [2.05, 4.69) is 10.2 Å². The summed E-state index contributed by atoms with van der Waals surface area (Å²) < 4.78 is 10.8. The second kappa shape index (κ2) is 7.60. The molecule has 0 aliphatic heterocycles. The Kier molecular flexibility index (Phi) is 5.23. The van der Waals surface area contributed by atoms with Crippen LogP contribution in [0, 0.1) is 20.2 Å². The fourth-order valence-electron chi connectivity index (χ4n) is 2.15. The molecule has 0 saturated heterocycles. The van der Waals surface area contributed by atoms with Gasteiger partial charge >= 0.3 is 0 Å². The van der Waals surface area contributed by atoms with Crippen molar-refractivity contribution >= 4 is 34.7 Å². The maximum atomic E-state index is 11.2. The molecule has 1 heterocycles. The molecule has 0 amide bonds. The van der Waals surface area contributed by atoms with E-state index in [0.29, 0.717) is 16.3 Å². The molecule has 0 radical (unpaired) electrons. The maximum absolute atomic E-state index is 11.2. The number of aromatic nitrogens is 2. The quantitative estimate of drug-likeness (QED) is 0.430. The van der Waals surface area contributed by atoms with Gasteiger partial charge in [-0.25, -0.2) is 0 Å². The molecule has 0 N–H and O–H groups in total. The van der Waals surface area contributed by atoms with Crippen LogP contribution >= 0.6 is 23.4 Å². The largest absolute Gasteiger partial charge is 0.496 e. The molecule has 0 unspecified atom stereocenters. The van der Waals surface area contributed by atoms with Crippen LogP contribution in [0.4, 0.5) is 11.4 Å². The van der Waals surface area contributed by atoms with Gasteiger partial charge in [0.05, 0.1) is 33.5 Å². The van der Waals surface area contributed by atoms with Gasteiger partial charge in [0.15, 0.2) is 0 Å². The number of rotatable bonds is 6. The van der Waals surface area contributed by atoms with Crippen molar-refractivity contribution in [2.45, 2.75) is 10.1 Å². The fraction of sp³-hybridized carbons (Fsp3) is 0.0667. The molecule has 138 valence electrons. The summed E-state index contributed by atoms with van der Waals surface area (Å²) in [5, 5.41) is 30.2. The number of methoxy groups -OCH3 is 1. The van der Waals surface area contributed by atoms with E-state index in [1.807, 2.05) is 0 Å². The third-order valence-corrected chi connectivity index (χ3v) is 4.49. The molecule has 0 fully saturated rings. The van der Waals surface area contributed by atoms with Crippen LogP contribution in [0.15, 0.2) is 50.9 Å². The summed E-state index contributed by atoms with van der Waals surface area (Å²) >= 11 is 6.79. The number of nitro benzene ring substituents is 2. The van der Waals surface area contributed by atoms with E-state index in [0.717, 1.165) is 23.9 Å². The Balaban J connectivity index is 1.94. The normalized spacial score (nSPS) is 10.6. The first-order chi connectivity index (χ1) is 12.9. The van der Waals surface area contributed by atoms with E-state index >= 15 is 0 Å². The van der Waals surface area contributed by atoms with E-state index in [1.165, 1.54) is 13.2 Å². The van der Waals surface area contributed by atoms with Gasteiger partial charge in [0.1, 0.15) is 5.75 Å². The molecule has 2 aromatic carbocycles. The van der Waals surface area contributed by atoms with Gasteiger partial charge in [-0.1, -0.05) is 11.6 Å². The van der Waals surface area contributed by atoms with Gasteiger partial charge in [0.2, 0.25) is 0 Å². The average Bonchev–Trinajstić information content (AvgIpc) is 3.10. The van der Waals surface area contributed by atoms with Gasteiger partial charge in [0, 0.05) is 11.1 Å². The second-order valence-electron chi connectivity index (χ2n) is 4.99. The monoisotopic (exact) mass is 408 g/mol. The van der Waals surface area contributed by atoms with Crippen LogP contribution in [-0.2, 0) is 0 Å². The van der Waals surface area contributed by atoms with Crippen LogP contribution in [0.25, 0.3) is 11.5 Å². The zero-order chi connectivity index (χ0) is 19.6. The molecule has 0 spiro atoms. The molecule has 0 saturated carbocycles. The number of ether oxygens (including phenoxy) is 1. The number of nitrogens with zero attached hydrogens (tertiary/aromatic N) is 4. The predicted molar refractivity (Wildman–Crippen MR) is 95.2 cm³/mol. The third kappa shape index (κ3) is 3.99. The summed E-state index contributed by atoms with van der Waals surface area (Å²) in [7, 11) is 1.47. The molecular formula is C15H9ClN4O6S. The van der Waals surface area contributed by atoms with Gasteiger partial charge in [-0.05, 0) is 36.0 Å². The number of benzene rings is 2. The van der Waals surface area contributed by atoms with Gasteiger partial charge in [-0.2, -0.15) is 0 Å². The van der Waals surface area contributed by atoms with Crippen LogP contribution in [-0.4, -0.2) is 27.2 Å². The standard InChI is InChI=1S/C15H9ClN4O6S/c1-25-12-4-2-8(16)6-10(12)14-17-18-15(26-14)27-13-5-3-9(19(21)22)7-11(13)20(23)24/h2-7H,1H3. The first-order valence-electron chi connectivity index (χ1n) is 7.17. The predicted octanol–water partition coefficient (Wildman–Crippen LogP) is 4.37. The lowest BCUT2D eigenvalue weighted by Crippen LogP contribution is -1.94. The fourth-order valence-corrected chi connectivity index (χ4v) is 3.09. The second-order valence-corrected chi connectivity index (χ2v) is 6.42. The van der Waals surface area contributed by atoms with Crippen molar-refractivity contribution in [2.75, 3.05) is 7.11 Å². The Morgan fingerprint density at radius 2 is 1.89 bits per heavy atom. The zero-order valence-corrected chi connectivity index (χ0v) is 15.1. The number of nitro groups is 2. The average molecular weight is 409 g/mol. The van der Waals surface area contributed by atoms with E-state index in [-0.39, 0.29) is 21.7 Å². The van der Waals surface area contributed by atoms with E-state index < -0.39 is 15.5 Å². The first-order valence-corrected chi connectivity index (χ1v) is 8.36. The molecule has 0 bridgehead atoms. The molecule has 0 atom stereocenters. The zero-order valence-electron chi connectivity index (χ0n) is 13.5. The van der Waals surface area contributed by atoms with Crippen LogP contribution in [0.1, 0.15) is 0 Å². The van der Waals surface area contributed by atoms with Gasteiger partial charge in [-0.3, -0.25) is 20.2 Å². The Bertz CT molecular complexity index is 1040. The van der Waals surface area contributed by atoms with E-state index in [1.54, 1.807) is 18.2 Å². The van der Waals surface area contributed by atoms with Gasteiger partial charge in [-0.15, -0.1) is 10.2 Å². The van der Waals surface area contributed by atoms with Crippen molar-refractivity contribution in [2.24, 2.45) is 0 Å². The molecular weight excluding hydrogens is 400 g/mol. The smallest absolute Gasteiger partial charge is 0.290 e. The Morgan fingerprint density at radius 1 is 1.11 bits per heavy atom. The summed E-state index contributed by atoms with van der Waals surface area (Å²) in [6.07, 6.45) is 0. The third-order valence-electron chi connectivity index (χ3n) is 3.35. The Hall–Kier alpha value is -3.18. The molecule has 1 aromatic heterocycles. The highest BCUT2D eigenvalue weighted by Crippen LogP contribution is 2.38. The molecule has 3 aromatic rings. The summed E-state index contributed by atoms with van der Waals surface area (Å²) in [6.45, 7) is 0. The van der Waals surface area contributed by atoms with Crippen LogP contribution in [0.3, 0.4) is 0 Å². The summed E-state index contributed by atoms with van der Waals surface area (Å²) in [4.78, 5) is 20.7. The number of halogens is 1. The van der Waals surface area contributed by atoms with Crippen LogP contribution in [0.5, 0.6) is 5.75 Å². The number of hydrogen-bond donors (Lipinski definition) is 0. The minimum Gasteiger partial charge on any atom is -0.496 e. The molecule has 10 nitrogen and oxygen atoms in total. The molecule has 12 heteroatoms. The lowest BCUT2D eigenvalue weighted by molar-refractivity contribution is -0.396. The summed E-state index contributed by atoms with van der Waals surface area (Å²) in [5.41, 5.74) is -0.363. The Morgan fingerprint density at radius 3 is 2.56 bits per heavy atom. The summed E-state index contributed by atoms with van der Waals surface area (Å²) in [5.74, 6) is 0.572. The van der Waals surface area contributed by atoms with E-state index in [9.17, 15) is 20.2 Å². The van der Waals surface area contributed by atoms with Crippen molar-refractivity contribution in [1.29, 1.82) is 0 Å². The van der Waals surface area contributed by atoms with Gasteiger partial charge < -0.3 is 9.15 Å². The molecule has 3 rings (SSSR count). The summed E-state index contributed by atoms with van der Waals surface area (Å²) in [6, 6.07) is 8.14. The Labute approximate surface area is 160 Å². The lowest BCUT2D eigenvalue weighted by atomic mass is 10.2. The van der Waals surface area contributed by atoms with Crippen molar-refractivity contribution in [1.82, 2.24) is 10.2 Å². The molecule has 0 aliphatic rings. The SMILES string of the molecule is COc1ccc(Cl)cc1-c1nnc(Sc2ccc([N+](=O)[O-])cc2[N+](=O)[O-])o1. The van der Waals surface area contributed by atoms with Crippen molar-refractivity contribution in [3.8, 4) is 17.2 Å². The van der Waals surface area contributed by atoms with Gasteiger partial charge in [0.25, 0.3) is 22.5 Å². The lowest BCUT2D eigenvalue weighted by Gasteiger charge is -2.04. The minimum absolute atomic E-state index is 0.0176. The van der Waals surface area contributed by atoms with Crippen LogP contribution in [0.2, 0.25) is 5.02 Å². The number of non-ortho nitro benzene ring substituents is 1. The van der Waals surface area contributed by atoms with Crippen molar-refractivity contribution < 1.29 is 19.0 Å². The topological polar surface area (TPSA) is 134 Å². The van der Waals surface area contributed by atoms with Crippen molar-refractivity contribution in [3.05, 3.63) is 61.6 Å². The van der Waals surface area contributed by atoms with Crippen LogP contribution < -0.4 is 4.74 Å². The first kappa shape index (κ1) is 18.6. The highest BCUT2D eigenvalue weighted by molar-refractivity contribution is 7.99. The van der Waals surface area contributed by atoms with E-state index in [4.69, 9.17) is 20.8 Å². The highest BCUT2D eigenvalue weighted by Gasteiger charge is 2.23. The molecule has 27 heavy (non-hydrogen) atoms. The minimum atomic E-state index is -0.716. The molecule has 0 aliphatic carbocycles. The van der Waals surface area contributed by atoms with Crippen molar-refractivity contribution in [3.63, 3.8) is 0 Å². The number of hydrogen-bond acceptors (Lipinski definition) is 9.